The van der Waals surface area contributed by atoms with Crippen LogP contribution in [0.3, 0.4) is 0 Å². The Hall–Kier alpha value is -1.60. The van der Waals surface area contributed by atoms with E-state index >= 15 is 0 Å². The van der Waals surface area contributed by atoms with Crippen molar-refractivity contribution in [3.63, 3.8) is 0 Å². The van der Waals surface area contributed by atoms with Gasteiger partial charge in [0.2, 0.25) is 0 Å². The molecule has 5 aromatic rings. The van der Waals surface area contributed by atoms with Crippen LogP contribution in [0.15, 0.2) is 36.4 Å². The molecule has 4 aromatic heterocycles. The largest absolute Gasteiger partial charge is 0.235 e. The highest BCUT2D eigenvalue weighted by atomic mass is 32.1. The van der Waals surface area contributed by atoms with Gasteiger partial charge in [0.15, 0.2) is 0 Å². The van der Waals surface area contributed by atoms with Crippen molar-refractivity contribution < 1.29 is 0 Å². The van der Waals surface area contributed by atoms with Crippen molar-refractivity contribution in [1.82, 2.24) is 9.97 Å². The zero-order valence-corrected chi connectivity index (χ0v) is 37.8. The van der Waals surface area contributed by atoms with Gasteiger partial charge in [-0.2, -0.15) is 0 Å². The Morgan fingerprint density at radius 3 is 1.11 bits per heavy atom. The zero-order valence-electron chi connectivity index (χ0n) is 34.5. The number of hydrogen-bond acceptors (Lipinski definition) is 6. The second-order valence-corrected chi connectivity index (χ2v) is 20.7. The van der Waals surface area contributed by atoms with Crippen LogP contribution in [0.2, 0.25) is 0 Å². The molecule has 0 aliphatic heterocycles. The minimum Gasteiger partial charge on any atom is -0.235 e. The molecule has 5 rings (SSSR count). The molecule has 0 saturated carbocycles. The van der Waals surface area contributed by atoms with Gasteiger partial charge in [0, 0.05) is 9.75 Å². The van der Waals surface area contributed by atoms with E-state index in [2.05, 4.69) is 64.1 Å². The fraction of sp³-hybridized carbons (Fsp3) is 0.667. The monoisotopic (exact) mass is 804 g/mol. The summed E-state index contributed by atoms with van der Waals surface area (Å²) in [5.74, 6) is 1.65. The molecule has 0 aliphatic carbocycles. The first-order valence-electron chi connectivity index (χ1n) is 22.5. The van der Waals surface area contributed by atoms with Crippen LogP contribution in [0.25, 0.3) is 40.2 Å². The number of thiophene rings is 2. The normalized spacial score (nSPS) is 13.1. The summed E-state index contributed by atoms with van der Waals surface area (Å²) in [5.41, 5.74) is 2.24. The van der Waals surface area contributed by atoms with Gasteiger partial charge in [-0.3, -0.25) is 0 Å². The molecule has 0 bridgehead atoms. The summed E-state index contributed by atoms with van der Waals surface area (Å²) >= 11 is 7.66. The number of fused-ring (bicyclic) bond motifs is 2. The van der Waals surface area contributed by atoms with E-state index in [9.17, 15) is 0 Å². The van der Waals surface area contributed by atoms with Crippen molar-refractivity contribution >= 4 is 65.8 Å². The first kappa shape index (κ1) is 43.5. The molecule has 6 heteroatoms. The van der Waals surface area contributed by atoms with Gasteiger partial charge in [-0.1, -0.05) is 182 Å². The lowest BCUT2D eigenvalue weighted by Gasteiger charge is -2.16. The molecule has 0 radical (unpaired) electrons. The van der Waals surface area contributed by atoms with Crippen LogP contribution < -0.4 is 0 Å². The lowest BCUT2D eigenvalue weighted by atomic mass is 9.91. The Kier molecular flexibility index (Phi) is 20.1. The van der Waals surface area contributed by atoms with Crippen molar-refractivity contribution in [2.75, 3.05) is 0 Å². The minimum atomic E-state index is 0.823. The van der Waals surface area contributed by atoms with Crippen molar-refractivity contribution in [3.8, 4) is 19.8 Å². The van der Waals surface area contributed by atoms with Gasteiger partial charge in [-0.15, -0.1) is 45.3 Å². The summed E-state index contributed by atoms with van der Waals surface area (Å²) in [7, 11) is 0. The molecular formula is C48H72N2S4. The fourth-order valence-electron chi connectivity index (χ4n) is 8.18. The summed E-state index contributed by atoms with van der Waals surface area (Å²) in [6, 6.07) is 14.1. The standard InChI is InChI=1S/C48H72N2S4/c1-5-9-13-17-19-23-27-37(25-21-15-11-7-3)33-39-29-31-43(51-39)47-49-41-35-46-42(36-45(41)53-47)50-48(54-46)44-32-30-40(52-44)34-38(26-22-16-12-8-4)28-24-20-18-14-10-6-2/h29-32,35-38H,5-28,33-34H2,1-4H3. The molecule has 0 aliphatic rings. The number of aromatic nitrogens is 2. The van der Waals surface area contributed by atoms with E-state index in [1.54, 1.807) is 9.75 Å². The van der Waals surface area contributed by atoms with Gasteiger partial charge < -0.3 is 0 Å². The third-order valence-corrected chi connectivity index (χ3v) is 16.1. The molecular weight excluding hydrogens is 733 g/mol. The second-order valence-electron chi connectivity index (χ2n) is 16.3. The molecule has 0 spiro atoms. The Bertz CT molecular complexity index is 1550. The van der Waals surface area contributed by atoms with E-state index in [-0.39, 0.29) is 0 Å². The Balaban J connectivity index is 1.20. The minimum absolute atomic E-state index is 0.823. The Morgan fingerprint density at radius 2 is 0.741 bits per heavy atom. The third kappa shape index (κ3) is 14.4. The van der Waals surface area contributed by atoms with E-state index in [1.165, 1.54) is 196 Å². The quantitative estimate of drug-likeness (QED) is 0.0432. The SMILES string of the molecule is CCCCCCCCC(CCCCCC)Cc1ccc(-c2nc3cc4sc(-c5ccc(CC(CCCCCC)CCCCCCCC)s5)nc4cc3s2)s1. The van der Waals surface area contributed by atoms with Gasteiger partial charge in [-0.05, 0) is 61.1 Å². The highest BCUT2D eigenvalue weighted by molar-refractivity contribution is 7.27. The second kappa shape index (κ2) is 24.9. The lowest BCUT2D eigenvalue weighted by molar-refractivity contribution is 0.404. The zero-order chi connectivity index (χ0) is 37.8. The van der Waals surface area contributed by atoms with Gasteiger partial charge in [0.05, 0.1) is 30.2 Å². The van der Waals surface area contributed by atoms with E-state index in [1.807, 2.05) is 45.3 Å². The number of hydrogen-bond donors (Lipinski definition) is 0. The number of thiazole rings is 2. The maximum Gasteiger partial charge on any atom is 0.134 e. The molecule has 2 unspecified atom stereocenters. The lowest BCUT2D eigenvalue weighted by Crippen LogP contribution is -2.04. The van der Waals surface area contributed by atoms with Gasteiger partial charge in [-0.25, -0.2) is 9.97 Å². The van der Waals surface area contributed by atoms with Crippen molar-refractivity contribution in [3.05, 3.63) is 46.2 Å². The van der Waals surface area contributed by atoms with E-state index in [0.717, 1.165) is 22.9 Å². The summed E-state index contributed by atoms with van der Waals surface area (Å²) in [4.78, 5) is 16.1. The molecule has 0 fully saturated rings. The summed E-state index contributed by atoms with van der Waals surface area (Å²) in [6.07, 6.45) is 35.8. The maximum absolute atomic E-state index is 5.19. The van der Waals surface area contributed by atoms with Crippen LogP contribution in [0, 0.1) is 11.8 Å². The average Bonchev–Trinajstić information content (AvgIpc) is 4.00. The Morgan fingerprint density at radius 1 is 0.407 bits per heavy atom. The Labute approximate surface area is 346 Å². The predicted octanol–water partition coefficient (Wildman–Crippen LogP) is 18.1. The van der Waals surface area contributed by atoms with Crippen LogP contribution in [0.1, 0.15) is 192 Å². The smallest absolute Gasteiger partial charge is 0.134 e. The average molecular weight is 805 g/mol. The predicted molar refractivity (Wildman–Crippen MR) is 247 cm³/mol. The fourth-order valence-corrected chi connectivity index (χ4v) is 12.5. The number of unbranched alkanes of at least 4 members (excludes halogenated alkanes) is 16. The highest BCUT2D eigenvalue weighted by Crippen LogP contribution is 2.41. The highest BCUT2D eigenvalue weighted by Gasteiger charge is 2.17. The van der Waals surface area contributed by atoms with E-state index in [4.69, 9.17) is 9.97 Å². The van der Waals surface area contributed by atoms with Gasteiger partial charge in [0.1, 0.15) is 10.0 Å². The number of benzene rings is 1. The molecule has 4 heterocycles. The van der Waals surface area contributed by atoms with Crippen LogP contribution in [-0.2, 0) is 12.8 Å². The number of nitrogens with zero attached hydrogens (tertiary/aromatic N) is 2. The summed E-state index contributed by atoms with van der Waals surface area (Å²) in [5, 5.41) is 2.34. The topological polar surface area (TPSA) is 25.8 Å². The molecule has 298 valence electrons. The molecule has 1 aromatic carbocycles. The molecule has 2 nitrogen and oxygen atoms in total. The molecule has 54 heavy (non-hydrogen) atoms. The first-order valence-corrected chi connectivity index (χ1v) is 25.8. The summed E-state index contributed by atoms with van der Waals surface area (Å²) in [6.45, 7) is 9.27. The van der Waals surface area contributed by atoms with Crippen LogP contribution in [0.5, 0.6) is 0 Å². The van der Waals surface area contributed by atoms with Crippen molar-refractivity contribution in [1.29, 1.82) is 0 Å². The van der Waals surface area contributed by atoms with Crippen molar-refractivity contribution in [2.24, 2.45) is 11.8 Å². The van der Waals surface area contributed by atoms with Crippen LogP contribution >= 0.6 is 45.3 Å². The van der Waals surface area contributed by atoms with Gasteiger partial charge in [0.25, 0.3) is 0 Å². The first-order chi connectivity index (χ1) is 26.6. The third-order valence-electron chi connectivity index (χ3n) is 11.5. The molecule has 0 amide bonds. The maximum atomic E-state index is 5.19. The van der Waals surface area contributed by atoms with Crippen LogP contribution in [0.4, 0.5) is 0 Å². The summed E-state index contributed by atoms with van der Waals surface area (Å²) < 4.78 is 2.52. The number of rotatable bonds is 30. The van der Waals surface area contributed by atoms with E-state index < -0.39 is 0 Å². The molecule has 0 saturated heterocycles. The molecule has 2 atom stereocenters. The van der Waals surface area contributed by atoms with E-state index in [0.29, 0.717) is 0 Å². The van der Waals surface area contributed by atoms with Crippen LogP contribution in [-0.4, -0.2) is 9.97 Å². The van der Waals surface area contributed by atoms with Gasteiger partial charge >= 0.3 is 0 Å². The van der Waals surface area contributed by atoms with Crippen molar-refractivity contribution in [2.45, 2.75) is 195 Å². The molecule has 0 N–H and O–H groups in total.